The van der Waals surface area contributed by atoms with Crippen molar-refractivity contribution in [1.82, 2.24) is 0 Å². The summed E-state index contributed by atoms with van der Waals surface area (Å²) in [4.78, 5) is 27.3. The second kappa shape index (κ2) is 10.3. The van der Waals surface area contributed by atoms with Gasteiger partial charge in [-0.3, -0.25) is 14.5 Å². The van der Waals surface area contributed by atoms with Crippen molar-refractivity contribution < 1.29 is 42.4 Å². The number of aromatic hydroxyl groups is 1. The van der Waals surface area contributed by atoms with Gasteiger partial charge in [-0.15, -0.1) is 13.2 Å². The van der Waals surface area contributed by atoms with E-state index in [0.717, 1.165) is 23.5 Å². The van der Waals surface area contributed by atoms with Gasteiger partial charge in [0.2, 0.25) is 0 Å². The molecule has 0 aromatic heterocycles. The fourth-order valence-electron chi connectivity index (χ4n) is 3.99. The predicted molar refractivity (Wildman–Crippen MR) is 128 cm³/mol. The minimum Gasteiger partial charge on any atom is -0.508 e. The van der Waals surface area contributed by atoms with E-state index in [2.05, 4.69) is 4.74 Å². The molecule has 1 aliphatic rings. The smallest absolute Gasteiger partial charge is 0.508 e. The molecule has 37 heavy (non-hydrogen) atoms. The number of carbonyl (C=O) groups is 2. The van der Waals surface area contributed by atoms with Crippen molar-refractivity contribution >= 4 is 23.1 Å². The van der Waals surface area contributed by atoms with Crippen LogP contribution in [0.15, 0.2) is 78.4 Å². The van der Waals surface area contributed by atoms with E-state index in [0.29, 0.717) is 17.9 Å². The zero-order valence-electron chi connectivity index (χ0n) is 19.5. The van der Waals surface area contributed by atoms with Gasteiger partial charge in [-0.05, 0) is 60.5 Å². The summed E-state index contributed by atoms with van der Waals surface area (Å²) in [5.41, 5.74) is 0.257. The normalized spacial score (nSPS) is 17.2. The summed E-state index contributed by atoms with van der Waals surface area (Å²) in [6.07, 6.45) is -4.16. The molecule has 3 aromatic rings. The van der Waals surface area contributed by atoms with Crippen molar-refractivity contribution in [3.8, 4) is 17.2 Å². The first-order chi connectivity index (χ1) is 17.6. The van der Waals surface area contributed by atoms with Crippen LogP contribution in [0.5, 0.6) is 17.2 Å². The maximum absolute atomic E-state index is 13.2. The van der Waals surface area contributed by atoms with E-state index in [1.165, 1.54) is 48.5 Å². The van der Waals surface area contributed by atoms with Crippen LogP contribution in [-0.2, 0) is 9.59 Å². The van der Waals surface area contributed by atoms with Crippen LogP contribution in [0.3, 0.4) is 0 Å². The van der Waals surface area contributed by atoms with Crippen LogP contribution in [0.1, 0.15) is 30.5 Å². The molecule has 192 valence electrons. The third kappa shape index (κ3) is 5.53. The Morgan fingerprint density at radius 2 is 1.65 bits per heavy atom. The number of aliphatic hydroxyl groups excluding tert-OH is 1. The number of amides is 1. The highest BCUT2D eigenvalue weighted by Gasteiger charge is 2.47. The summed E-state index contributed by atoms with van der Waals surface area (Å²) < 4.78 is 47.9. The Kier molecular flexibility index (Phi) is 7.10. The maximum Gasteiger partial charge on any atom is 0.573 e. The molecule has 1 fully saturated rings. The average molecular weight is 513 g/mol. The highest BCUT2D eigenvalue weighted by Crippen LogP contribution is 2.43. The Bertz CT molecular complexity index is 1330. The lowest BCUT2D eigenvalue weighted by atomic mass is 9.95. The van der Waals surface area contributed by atoms with Crippen molar-refractivity contribution in [2.24, 2.45) is 0 Å². The SMILES string of the molecule is CCCOc1ccc(/C(O)=C2\C(=O)C(=O)N(c3cccc(OC(F)(F)F)c3)C2c2ccc(O)cc2)cc1. The predicted octanol–water partition coefficient (Wildman–Crippen LogP) is 5.71. The molecule has 1 atom stereocenters. The van der Waals surface area contributed by atoms with Crippen LogP contribution in [-0.4, -0.2) is 34.9 Å². The number of anilines is 1. The minimum atomic E-state index is -4.96. The number of benzene rings is 3. The van der Waals surface area contributed by atoms with Gasteiger partial charge in [-0.2, -0.15) is 0 Å². The molecule has 0 aliphatic carbocycles. The van der Waals surface area contributed by atoms with Crippen molar-refractivity contribution in [3.05, 3.63) is 89.5 Å². The third-order valence-electron chi connectivity index (χ3n) is 5.58. The molecule has 1 amide bonds. The fraction of sp³-hybridized carbons (Fsp3) is 0.185. The molecule has 1 aliphatic heterocycles. The molecular formula is C27H22F3NO6. The lowest BCUT2D eigenvalue weighted by molar-refractivity contribution is -0.274. The number of ether oxygens (including phenoxy) is 2. The molecule has 0 radical (unpaired) electrons. The first-order valence-electron chi connectivity index (χ1n) is 11.3. The van der Waals surface area contributed by atoms with Crippen LogP contribution in [0.4, 0.5) is 18.9 Å². The number of carbonyl (C=O) groups excluding carboxylic acids is 2. The van der Waals surface area contributed by atoms with Gasteiger partial charge in [0.1, 0.15) is 23.0 Å². The summed E-state index contributed by atoms with van der Waals surface area (Å²) in [5.74, 6) is -2.65. The molecule has 1 saturated heterocycles. The number of hydrogen-bond acceptors (Lipinski definition) is 6. The van der Waals surface area contributed by atoms with Gasteiger partial charge in [0.05, 0.1) is 18.2 Å². The molecule has 10 heteroatoms. The average Bonchev–Trinajstić information content (AvgIpc) is 3.12. The van der Waals surface area contributed by atoms with Crippen LogP contribution in [0.25, 0.3) is 5.76 Å². The number of hydrogen-bond donors (Lipinski definition) is 2. The second-order valence-corrected chi connectivity index (χ2v) is 8.18. The van der Waals surface area contributed by atoms with Crippen molar-refractivity contribution in [2.75, 3.05) is 11.5 Å². The zero-order valence-corrected chi connectivity index (χ0v) is 19.5. The summed E-state index contributed by atoms with van der Waals surface area (Å²) in [6, 6.07) is 15.3. The molecular weight excluding hydrogens is 491 g/mol. The molecule has 0 bridgehead atoms. The van der Waals surface area contributed by atoms with E-state index in [1.54, 1.807) is 12.1 Å². The van der Waals surface area contributed by atoms with Crippen molar-refractivity contribution in [2.45, 2.75) is 25.7 Å². The van der Waals surface area contributed by atoms with Gasteiger partial charge >= 0.3 is 6.36 Å². The van der Waals surface area contributed by atoms with Crippen molar-refractivity contribution in [1.29, 1.82) is 0 Å². The molecule has 7 nitrogen and oxygen atoms in total. The van der Waals surface area contributed by atoms with Gasteiger partial charge < -0.3 is 19.7 Å². The van der Waals surface area contributed by atoms with E-state index >= 15 is 0 Å². The molecule has 0 saturated carbocycles. The van der Waals surface area contributed by atoms with E-state index in [9.17, 15) is 33.0 Å². The maximum atomic E-state index is 13.2. The number of halogens is 3. The monoisotopic (exact) mass is 513 g/mol. The highest BCUT2D eigenvalue weighted by molar-refractivity contribution is 6.51. The Morgan fingerprint density at radius 3 is 2.27 bits per heavy atom. The van der Waals surface area contributed by atoms with Crippen LogP contribution < -0.4 is 14.4 Å². The number of Topliss-reactive ketones (excluding diaryl/α,β-unsaturated/α-hetero) is 1. The number of nitrogens with zero attached hydrogens (tertiary/aromatic N) is 1. The number of alkyl halides is 3. The van der Waals surface area contributed by atoms with Gasteiger partial charge in [-0.25, -0.2) is 0 Å². The van der Waals surface area contributed by atoms with Gasteiger partial charge in [0, 0.05) is 17.3 Å². The van der Waals surface area contributed by atoms with Crippen LogP contribution >= 0.6 is 0 Å². The zero-order chi connectivity index (χ0) is 26.7. The van der Waals surface area contributed by atoms with Crippen molar-refractivity contribution in [3.63, 3.8) is 0 Å². The van der Waals surface area contributed by atoms with Crippen LogP contribution in [0.2, 0.25) is 0 Å². The van der Waals surface area contributed by atoms with E-state index < -0.39 is 35.6 Å². The Hall–Kier alpha value is -4.47. The first kappa shape index (κ1) is 25.6. The molecule has 2 N–H and O–H groups in total. The molecule has 3 aromatic carbocycles. The number of ketones is 1. The number of phenols is 1. The summed E-state index contributed by atoms with van der Waals surface area (Å²) in [7, 11) is 0. The first-order valence-corrected chi connectivity index (χ1v) is 11.3. The quantitative estimate of drug-likeness (QED) is 0.239. The lowest BCUT2D eigenvalue weighted by Gasteiger charge is -2.26. The Labute approximate surface area is 210 Å². The van der Waals surface area contributed by atoms with Gasteiger partial charge in [-0.1, -0.05) is 25.1 Å². The van der Waals surface area contributed by atoms with E-state index in [-0.39, 0.29) is 22.6 Å². The number of rotatable bonds is 7. The minimum absolute atomic E-state index is 0.0516. The standard InChI is InChI=1S/C27H22F3NO6/c1-2-14-36-20-12-8-17(9-13-20)24(33)22-23(16-6-10-19(32)11-7-16)31(26(35)25(22)34)18-4-3-5-21(15-18)37-27(28,29)30/h3-13,15,23,32-33H,2,14H2,1H3/b24-22+. The topological polar surface area (TPSA) is 96.3 Å². The summed E-state index contributed by atoms with van der Waals surface area (Å²) in [5, 5.41) is 20.9. The molecule has 1 unspecified atom stereocenters. The number of phenolic OH excluding ortho intramolecular Hbond substituents is 1. The summed E-state index contributed by atoms with van der Waals surface area (Å²) >= 11 is 0. The molecule has 4 rings (SSSR count). The second-order valence-electron chi connectivity index (χ2n) is 8.18. The van der Waals surface area contributed by atoms with E-state index in [1.807, 2.05) is 6.92 Å². The van der Waals surface area contributed by atoms with Crippen LogP contribution in [0, 0.1) is 0 Å². The summed E-state index contributed by atoms with van der Waals surface area (Å²) in [6.45, 7) is 2.45. The largest absolute Gasteiger partial charge is 0.573 e. The fourth-order valence-corrected chi connectivity index (χ4v) is 3.99. The van der Waals surface area contributed by atoms with E-state index in [4.69, 9.17) is 4.74 Å². The van der Waals surface area contributed by atoms with Gasteiger partial charge in [0.25, 0.3) is 11.7 Å². The Morgan fingerprint density at radius 1 is 0.973 bits per heavy atom. The Balaban J connectivity index is 1.83. The molecule has 0 spiro atoms. The van der Waals surface area contributed by atoms with Gasteiger partial charge in [0.15, 0.2) is 0 Å². The molecule has 1 heterocycles. The third-order valence-corrected chi connectivity index (χ3v) is 5.58. The highest BCUT2D eigenvalue weighted by atomic mass is 19.4. The number of aliphatic hydroxyl groups is 1. The lowest BCUT2D eigenvalue weighted by Crippen LogP contribution is -2.29.